The Balaban J connectivity index is 1.69. The van der Waals surface area contributed by atoms with E-state index in [9.17, 15) is 0 Å². The van der Waals surface area contributed by atoms with Crippen LogP contribution in [0.5, 0.6) is 0 Å². The maximum Gasteiger partial charge on any atom is 0.0215 e. The highest BCUT2D eigenvalue weighted by Gasteiger charge is 2.18. The molecule has 0 amide bonds. The molecule has 0 unspecified atom stereocenters. The average molecular weight is 200 g/mol. The second-order valence-electron chi connectivity index (χ2n) is 4.04. The van der Waals surface area contributed by atoms with E-state index in [1.807, 2.05) is 0 Å². The zero-order valence-electron chi connectivity index (χ0n) is 8.30. The van der Waals surface area contributed by atoms with Crippen LogP contribution < -0.4 is 5.32 Å². The average Bonchev–Trinajstić information content (AvgIpc) is 2.21. The van der Waals surface area contributed by atoms with Gasteiger partial charge >= 0.3 is 0 Å². The molecule has 1 heterocycles. The van der Waals surface area contributed by atoms with Crippen molar-refractivity contribution in [3.05, 3.63) is 0 Å². The van der Waals surface area contributed by atoms with Gasteiger partial charge in [0.25, 0.3) is 0 Å². The predicted molar refractivity (Wildman–Crippen MR) is 58.9 cm³/mol. The van der Waals surface area contributed by atoms with Crippen LogP contribution in [0.25, 0.3) is 0 Å². The van der Waals surface area contributed by atoms with Crippen molar-refractivity contribution >= 4 is 11.9 Å². The maximum absolute atomic E-state index is 3.40. The molecule has 2 fully saturated rings. The van der Waals surface area contributed by atoms with Crippen LogP contribution in [0.2, 0.25) is 0 Å². The predicted octanol–water partition coefficient (Wildman–Crippen LogP) is 1.87. The van der Waals surface area contributed by atoms with Crippen molar-refractivity contribution in [2.24, 2.45) is 0 Å². The van der Waals surface area contributed by atoms with E-state index in [0.717, 1.165) is 5.25 Å². The quantitative estimate of drug-likeness (QED) is 0.685. The summed E-state index contributed by atoms with van der Waals surface area (Å²) in [5.74, 6) is 0. The van der Waals surface area contributed by atoms with E-state index in [1.54, 1.807) is 0 Å². The van der Waals surface area contributed by atoms with E-state index >= 15 is 0 Å². The topological polar surface area (TPSA) is 15.3 Å². The van der Waals surface area contributed by atoms with Gasteiger partial charge in [-0.1, -0.05) is 31.2 Å². The van der Waals surface area contributed by atoms with Crippen LogP contribution in [-0.2, 0) is 0 Å². The van der Waals surface area contributed by atoms with Crippen molar-refractivity contribution in [2.45, 2.75) is 37.4 Å². The SMILES string of the molecule is C1CCC(SN2CCNCC2)CC1. The van der Waals surface area contributed by atoms with Crippen LogP contribution >= 0.6 is 11.9 Å². The van der Waals surface area contributed by atoms with Crippen LogP contribution in [0.15, 0.2) is 0 Å². The standard InChI is InChI=1S/C10H20N2S/c1-2-4-10(5-3-1)13-12-8-6-11-7-9-12/h10-11H,1-9H2. The first-order chi connectivity index (χ1) is 6.45. The minimum absolute atomic E-state index is 0.937. The Morgan fingerprint density at radius 1 is 1.00 bits per heavy atom. The van der Waals surface area contributed by atoms with Crippen molar-refractivity contribution in [1.29, 1.82) is 0 Å². The second-order valence-corrected chi connectivity index (χ2v) is 5.44. The lowest BCUT2D eigenvalue weighted by Crippen LogP contribution is -2.40. The summed E-state index contributed by atoms with van der Waals surface area (Å²) >= 11 is 2.13. The Hall–Kier alpha value is 0.270. The molecule has 0 aromatic heterocycles. The number of rotatable bonds is 2. The summed E-state index contributed by atoms with van der Waals surface area (Å²) in [6.07, 6.45) is 7.30. The molecule has 0 aromatic carbocycles. The molecule has 1 aliphatic heterocycles. The van der Waals surface area contributed by atoms with Crippen molar-refractivity contribution in [3.63, 3.8) is 0 Å². The molecule has 13 heavy (non-hydrogen) atoms. The number of nitrogens with one attached hydrogen (secondary N) is 1. The lowest BCUT2D eigenvalue weighted by molar-refractivity contribution is 0.389. The third kappa shape index (κ3) is 3.15. The van der Waals surface area contributed by atoms with Crippen LogP contribution in [0.3, 0.4) is 0 Å². The molecule has 1 N–H and O–H groups in total. The number of hydrogen-bond donors (Lipinski definition) is 1. The summed E-state index contributed by atoms with van der Waals surface area (Å²) in [6.45, 7) is 4.84. The first-order valence-electron chi connectivity index (χ1n) is 5.57. The first kappa shape index (κ1) is 9.81. The van der Waals surface area contributed by atoms with Gasteiger partial charge in [-0.05, 0) is 12.8 Å². The zero-order chi connectivity index (χ0) is 8.93. The molecule has 0 bridgehead atoms. The van der Waals surface area contributed by atoms with Crippen molar-refractivity contribution in [3.8, 4) is 0 Å². The number of nitrogens with zero attached hydrogens (tertiary/aromatic N) is 1. The molecule has 2 rings (SSSR count). The van der Waals surface area contributed by atoms with E-state index in [2.05, 4.69) is 21.6 Å². The molecule has 1 aliphatic carbocycles. The largest absolute Gasteiger partial charge is 0.314 e. The summed E-state index contributed by atoms with van der Waals surface area (Å²) in [4.78, 5) is 0. The second kappa shape index (κ2) is 5.23. The van der Waals surface area contributed by atoms with Crippen molar-refractivity contribution in [1.82, 2.24) is 9.62 Å². The van der Waals surface area contributed by atoms with Gasteiger partial charge in [-0.15, -0.1) is 0 Å². The van der Waals surface area contributed by atoms with Gasteiger partial charge in [0.05, 0.1) is 0 Å². The van der Waals surface area contributed by atoms with Crippen LogP contribution in [-0.4, -0.2) is 35.7 Å². The van der Waals surface area contributed by atoms with Gasteiger partial charge in [0.2, 0.25) is 0 Å². The summed E-state index contributed by atoms with van der Waals surface area (Å²) in [5.41, 5.74) is 0. The molecule has 0 spiro atoms. The molecule has 2 aliphatic rings. The minimum Gasteiger partial charge on any atom is -0.314 e. The molecule has 1 saturated carbocycles. The van der Waals surface area contributed by atoms with E-state index in [1.165, 1.54) is 58.3 Å². The van der Waals surface area contributed by atoms with Gasteiger partial charge in [-0.3, -0.25) is 0 Å². The van der Waals surface area contributed by atoms with Gasteiger partial charge in [-0.2, -0.15) is 0 Å². The normalized spacial score (nSPS) is 27.7. The van der Waals surface area contributed by atoms with Crippen molar-refractivity contribution < 1.29 is 0 Å². The Bertz CT molecular complexity index is 124. The van der Waals surface area contributed by atoms with Gasteiger partial charge in [0.15, 0.2) is 0 Å². The number of hydrogen-bond acceptors (Lipinski definition) is 3. The minimum atomic E-state index is 0.937. The monoisotopic (exact) mass is 200 g/mol. The van der Waals surface area contributed by atoms with Gasteiger partial charge in [-0.25, -0.2) is 4.31 Å². The fourth-order valence-corrected chi connectivity index (χ4v) is 3.49. The summed E-state index contributed by atoms with van der Waals surface area (Å²) in [5, 5.41) is 4.33. The zero-order valence-corrected chi connectivity index (χ0v) is 9.11. The Labute approximate surface area is 85.6 Å². The molecular weight excluding hydrogens is 180 g/mol. The Morgan fingerprint density at radius 2 is 1.69 bits per heavy atom. The summed E-state index contributed by atoms with van der Waals surface area (Å²) in [6, 6.07) is 0. The fourth-order valence-electron chi connectivity index (χ4n) is 2.13. The molecular formula is C10H20N2S. The van der Waals surface area contributed by atoms with Crippen LogP contribution in [0.1, 0.15) is 32.1 Å². The highest BCUT2D eigenvalue weighted by molar-refractivity contribution is 7.97. The van der Waals surface area contributed by atoms with E-state index in [0.29, 0.717) is 0 Å². The summed E-state index contributed by atoms with van der Waals surface area (Å²) < 4.78 is 2.56. The number of piperazine rings is 1. The molecule has 0 atom stereocenters. The van der Waals surface area contributed by atoms with E-state index in [4.69, 9.17) is 0 Å². The molecule has 2 nitrogen and oxygen atoms in total. The molecule has 76 valence electrons. The first-order valence-corrected chi connectivity index (χ1v) is 6.41. The van der Waals surface area contributed by atoms with Gasteiger partial charge in [0, 0.05) is 31.4 Å². The lowest BCUT2D eigenvalue weighted by Gasteiger charge is -2.31. The fraction of sp³-hybridized carbons (Fsp3) is 1.00. The summed E-state index contributed by atoms with van der Waals surface area (Å²) in [7, 11) is 0. The molecule has 3 heteroatoms. The van der Waals surface area contributed by atoms with Crippen LogP contribution in [0, 0.1) is 0 Å². The van der Waals surface area contributed by atoms with E-state index < -0.39 is 0 Å². The van der Waals surface area contributed by atoms with Gasteiger partial charge in [0.1, 0.15) is 0 Å². The molecule has 1 saturated heterocycles. The Morgan fingerprint density at radius 3 is 2.38 bits per heavy atom. The maximum atomic E-state index is 3.40. The smallest absolute Gasteiger partial charge is 0.0215 e. The van der Waals surface area contributed by atoms with Crippen molar-refractivity contribution in [2.75, 3.05) is 26.2 Å². The third-order valence-electron chi connectivity index (χ3n) is 2.93. The molecule has 0 aromatic rings. The third-order valence-corrected chi connectivity index (χ3v) is 4.36. The highest BCUT2D eigenvalue weighted by atomic mass is 32.2. The molecule has 0 radical (unpaired) electrons. The Kier molecular flexibility index (Phi) is 3.94. The lowest BCUT2D eigenvalue weighted by atomic mass is 10.0. The van der Waals surface area contributed by atoms with Crippen LogP contribution in [0.4, 0.5) is 0 Å². The highest BCUT2D eigenvalue weighted by Crippen LogP contribution is 2.30. The van der Waals surface area contributed by atoms with E-state index in [-0.39, 0.29) is 0 Å². The van der Waals surface area contributed by atoms with Gasteiger partial charge < -0.3 is 5.32 Å².